The molecule has 8 nitrogen and oxygen atoms in total. The number of rotatable bonds is 8. The number of nitrogens with zero attached hydrogens (tertiary/aromatic N) is 2. The first kappa shape index (κ1) is 21.7. The second-order valence-corrected chi connectivity index (χ2v) is 9.33. The molecule has 3 rings (SSSR count). The zero-order chi connectivity index (χ0) is 21.7. The Morgan fingerprint density at radius 3 is 2.30 bits per heavy atom. The molecule has 2 N–H and O–H groups in total. The van der Waals surface area contributed by atoms with E-state index in [4.69, 9.17) is 4.74 Å². The number of carbonyl (C=O) groups excluding carboxylic acids is 1. The molecule has 0 saturated heterocycles. The van der Waals surface area contributed by atoms with Crippen LogP contribution < -0.4 is 14.8 Å². The molecule has 0 spiro atoms. The van der Waals surface area contributed by atoms with E-state index in [0.29, 0.717) is 28.7 Å². The third-order valence-corrected chi connectivity index (χ3v) is 6.54. The maximum absolute atomic E-state index is 12.5. The summed E-state index contributed by atoms with van der Waals surface area (Å²) in [4.78, 5) is 12.5. The van der Waals surface area contributed by atoms with E-state index in [1.54, 1.807) is 12.1 Å². The van der Waals surface area contributed by atoms with Gasteiger partial charge in [0.25, 0.3) is 15.9 Å². The molecule has 0 saturated carbocycles. The molecule has 0 atom stereocenters. The molecule has 3 aromatic rings. The van der Waals surface area contributed by atoms with Gasteiger partial charge in [0, 0.05) is 17.2 Å². The van der Waals surface area contributed by atoms with E-state index in [0.717, 1.165) is 5.01 Å². The van der Waals surface area contributed by atoms with Crippen molar-refractivity contribution in [2.75, 3.05) is 16.6 Å². The number of hydrogen-bond acceptors (Lipinski definition) is 7. The van der Waals surface area contributed by atoms with Crippen LogP contribution in [0.15, 0.2) is 53.4 Å². The highest BCUT2D eigenvalue weighted by Crippen LogP contribution is 2.23. The Morgan fingerprint density at radius 2 is 1.73 bits per heavy atom. The maximum Gasteiger partial charge on any atom is 0.261 e. The van der Waals surface area contributed by atoms with Crippen molar-refractivity contribution >= 4 is 38.1 Å². The lowest BCUT2D eigenvalue weighted by Crippen LogP contribution is -2.14. The van der Waals surface area contributed by atoms with Crippen molar-refractivity contribution < 1.29 is 17.9 Å². The molecule has 1 amide bonds. The van der Waals surface area contributed by atoms with E-state index in [9.17, 15) is 13.2 Å². The third-order valence-electron chi connectivity index (χ3n) is 4.00. The number of hydrogen-bond donors (Lipinski definition) is 2. The van der Waals surface area contributed by atoms with Crippen molar-refractivity contribution in [3.05, 3.63) is 59.1 Å². The van der Waals surface area contributed by atoms with Gasteiger partial charge in [-0.3, -0.25) is 14.8 Å². The van der Waals surface area contributed by atoms with E-state index in [1.807, 2.05) is 20.8 Å². The maximum atomic E-state index is 12.5. The molecule has 30 heavy (non-hydrogen) atoms. The minimum Gasteiger partial charge on any atom is -0.494 e. The van der Waals surface area contributed by atoms with Gasteiger partial charge in [-0.15, -0.1) is 10.2 Å². The topological polar surface area (TPSA) is 110 Å². The molecule has 0 aliphatic carbocycles. The van der Waals surface area contributed by atoms with Gasteiger partial charge < -0.3 is 4.74 Å². The highest BCUT2D eigenvalue weighted by Gasteiger charge is 2.16. The fourth-order valence-corrected chi connectivity index (χ4v) is 4.27. The lowest BCUT2D eigenvalue weighted by atomic mass is 10.2. The molecular formula is C20H22N4O4S2. The standard InChI is InChI=1S/C20H22N4O4S2/c1-4-28-16-9-11-17(12-10-16)30(26,27)24-15-7-5-14(6-8-15)18(25)21-20-23-22-19(29-20)13(2)3/h5-13,24H,4H2,1-3H3,(H,21,23,25). The van der Waals surface area contributed by atoms with Crippen LogP contribution in [0.25, 0.3) is 0 Å². The smallest absolute Gasteiger partial charge is 0.261 e. The summed E-state index contributed by atoms with van der Waals surface area (Å²) in [6.45, 7) is 6.35. The van der Waals surface area contributed by atoms with Crippen molar-refractivity contribution in [2.24, 2.45) is 0 Å². The van der Waals surface area contributed by atoms with E-state index >= 15 is 0 Å². The van der Waals surface area contributed by atoms with Crippen LogP contribution in [0.2, 0.25) is 0 Å². The largest absolute Gasteiger partial charge is 0.494 e. The van der Waals surface area contributed by atoms with Gasteiger partial charge in [0.15, 0.2) is 0 Å². The molecule has 0 aliphatic rings. The molecule has 2 aromatic carbocycles. The Bertz CT molecular complexity index is 1110. The van der Waals surface area contributed by atoms with Gasteiger partial charge in [-0.25, -0.2) is 8.42 Å². The average molecular weight is 447 g/mol. The molecule has 0 fully saturated rings. The summed E-state index contributed by atoms with van der Waals surface area (Å²) in [5.41, 5.74) is 0.721. The van der Waals surface area contributed by atoms with Crippen LogP contribution in [0.4, 0.5) is 10.8 Å². The Balaban J connectivity index is 1.66. The molecule has 158 valence electrons. The molecule has 0 radical (unpaired) electrons. The lowest BCUT2D eigenvalue weighted by Gasteiger charge is -2.10. The predicted molar refractivity (Wildman–Crippen MR) is 117 cm³/mol. The van der Waals surface area contributed by atoms with Gasteiger partial charge in [-0.1, -0.05) is 25.2 Å². The Morgan fingerprint density at radius 1 is 1.07 bits per heavy atom. The second-order valence-electron chi connectivity index (χ2n) is 6.64. The first-order valence-electron chi connectivity index (χ1n) is 9.29. The Labute approximate surface area is 179 Å². The predicted octanol–water partition coefficient (Wildman–Crippen LogP) is 4.11. The number of benzene rings is 2. The highest BCUT2D eigenvalue weighted by atomic mass is 32.2. The molecule has 1 aromatic heterocycles. The van der Waals surface area contributed by atoms with Crippen LogP contribution in [-0.4, -0.2) is 31.1 Å². The summed E-state index contributed by atoms with van der Waals surface area (Å²) in [6.07, 6.45) is 0. The number of carbonyl (C=O) groups is 1. The van der Waals surface area contributed by atoms with Gasteiger partial charge in [0.2, 0.25) is 5.13 Å². The summed E-state index contributed by atoms with van der Waals surface area (Å²) in [6, 6.07) is 12.3. The first-order valence-corrected chi connectivity index (χ1v) is 11.6. The third kappa shape index (κ3) is 5.33. The highest BCUT2D eigenvalue weighted by molar-refractivity contribution is 7.92. The molecule has 10 heteroatoms. The quantitative estimate of drug-likeness (QED) is 0.539. The van der Waals surface area contributed by atoms with Crippen molar-refractivity contribution in [1.82, 2.24) is 10.2 Å². The molecule has 0 bridgehead atoms. The second kappa shape index (κ2) is 9.23. The Hall–Kier alpha value is -2.98. The monoisotopic (exact) mass is 446 g/mol. The van der Waals surface area contributed by atoms with E-state index in [-0.39, 0.29) is 16.7 Å². The SMILES string of the molecule is CCOc1ccc(S(=O)(=O)Nc2ccc(C(=O)Nc3nnc(C(C)C)s3)cc2)cc1. The van der Waals surface area contributed by atoms with Crippen LogP contribution in [0.1, 0.15) is 42.1 Å². The van der Waals surface area contributed by atoms with Crippen molar-refractivity contribution in [2.45, 2.75) is 31.6 Å². The zero-order valence-corrected chi connectivity index (χ0v) is 18.4. The normalized spacial score (nSPS) is 11.3. The van der Waals surface area contributed by atoms with Crippen LogP contribution in [0.5, 0.6) is 5.75 Å². The van der Waals surface area contributed by atoms with Crippen LogP contribution in [-0.2, 0) is 10.0 Å². The van der Waals surface area contributed by atoms with Gasteiger partial charge in [0.1, 0.15) is 10.8 Å². The minimum absolute atomic E-state index is 0.116. The number of anilines is 2. The molecular weight excluding hydrogens is 424 g/mol. The number of sulfonamides is 1. The fourth-order valence-electron chi connectivity index (χ4n) is 2.47. The Kier molecular flexibility index (Phi) is 6.68. The van der Waals surface area contributed by atoms with Crippen molar-refractivity contribution in [1.29, 1.82) is 0 Å². The molecule has 0 aliphatic heterocycles. The molecule has 0 unspecified atom stereocenters. The number of ether oxygens (including phenoxy) is 1. The van der Waals surface area contributed by atoms with Gasteiger partial charge in [-0.2, -0.15) is 0 Å². The van der Waals surface area contributed by atoms with Gasteiger partial charge >= 0.3 is 0 Å². The van der Waals surface area contributed by atoms with Crippen LogP contribution in [0, 0.1) is 0 Å². The lowest BCUT2D eigenvalue weighted by molar-refractivity contribution is 0.102. The zero-order valence-electron chi connectivity index (χ0n) is 16.7. The summed E-state index contributed by atoms with van der Waals surface area (Å²) in [5, 5.41) is 11.9. The summed E-state index contributed by atoms with van der Waals surface area (Å²) in [5.74, 6) is 0.487. The van der Waals surface area contributed by atoms with E-state index in [2.05, 4.69) is 20.2 Å². The summed E-state index contributed by atoms with van der Waals surface area (Å²) >= 11 is 1.32. The van der Waals surface area contributed by atoms with Crippen molar-refractivity contribution in [3.63, 3.8) is 0 Å². The number of aromatic nitrogens is 2. The van der Waals surface area contributed by atoms with Gasteiger partial charge in [0.05, 0.1) is 11.5 Å². The minimum atomic E-state index is -3.75. The average Bonchev–Trinajstić information content (AvgIpc) is 3.18. The van der Waals surface area contributed by atoms with Crippen LogP contribution >= 0.6 is 11.3 Å². The first-order chi connectivity index (χ1) is 14.3. The fraction of sp³-hybridized carbons (Fsp3) is 0.250. The van der Waals surface area contributed by atoms with E-state index in [1.165, 1.54) is 47.7 Å². The van der Waals surface area contributed by atoms with Crippen LogP contribution in [0.3, 0.4) is 0 Å². The van der Waals surface area contributed by atoms with Crippen molar-refractivity contribution in [3.8, 4) is 5.75 Å². The molecule has 1 heterocycles. The number of amides is 1. The summed E-state index contributed by atoms with van der Waals surface area (Å²) in [7, 11) is -3.75. The van der Waals surface area contributed by atoms with E-state index < -0.39 is 10.0 Å². The summed E-state index contributed by atoms with van der Waals surface area (Å²) < 4.78 is 32.9. The number of nitrogens with one attached hydrogen (secondary N) is 2. The van der Waals surface area contributed by atoms with Gasteiger partial charge in [-0.05, 0) is 55.5 Å².